The fraction of sp³-hybridized carbons (Fsp3) is 0.360. The zero-order valence-electron chi connectivity index (χ0n) is 21.2. The van der Waals surface area contributed by atoms with E-state index < -0.39 is 0 Å². The average Bonchev–Trinajstić information content (AvgIpc) is 3.42. The predicted molar refractivity (Wildman–Crippen MR) is 144 cm³/mol. The molecule has 0 unspecified atom stereocenters. The van der Waals surface area contributed by atoms with Gasteiger partial charge in [-0.25, -0.2) is 24.3 Å². The molecule has 202 valence electrons. The van der Waals surface area contributed by atoms with E-state index in [0.717, 1.165) is 56.3 Å². The largest absolute Gasteiger partial charge is 0.374 e. The molecule has 2 saturated heterocycles. The zero-order chi connectivity index (χ0) is 26.4. The van der Waals surface area contributed by atoms with Gasteiger partial charge in [0.25, 0.3) is 0 Å². The van der Waals surface area contributed by atoms with Crippen molar-refractivity contribution < 1.29 is 9.13 Å². The highest BCUT2D eigenvalue weighted by atomic mass is 19.1. The number of piperazine rings is 1. The van der Waals surface area contributed by atoms with Crippen LogP contribution in [0.1, 0.15) is 0 Å². The molecule has 0 aliphatic carbocycles. The number of nitrogens with zero attached hydrogens (tertiary/aromatic N) is 9. The Morgan fingerprint density at radius 1 is 0.872 bits per heavy atom. The maximum atomic E-state index is 13.1. The Kier molecular flexibility index (Phi) is 7.36. The van der Waals surface area contributed by atoms with Crippen LogP contribution in [0, 0.1) is 5.82 Å². The van der Waals surface area contributed by atoms with Crippen LogP contribution in [-0.2, 0) is 11.3 Å². The zero-order valence-corrected chi connectivity index (χ0v) is 21.2. The molecular formula is C25H29FN12O. The number of benzene rings is 1. The first-order valence-corrected chi connectivity index (χ1v) is 12.8. The topological polar surface area (TPSA) is 134 Å². The summed E-state index contributed by atoms with van der Waals surface area (Å²) in [5.41, 5.74) is 2.31. The molecule has 3 aromatic heterocycles. The number of ether oxygens (including phenoxy) is 1. The van der Waals surface area contributed by atoms with Gasteiger partial charge in [0, 0.05) is 51.2 Å². The van der Waals surface area contributed by atoms with Gasteiger partial charge in [-0.3, -0.25) is 4.68 Å². The third kappa shape index (κ3) is 6.35. The van der Waals surface area contributed by atoms with Crippen LogP contribution in [0.3, 0.4) is 0 Å². The van der Waals surface area contributed by atoms with Gasteiger partial charge in [0.15, 0.2) is 0 Å². The maximum absolute atomic E-state index is 13.1. The number of hydrogen-bond donors (Lipinski definition) is 3. The van der Waals surface area contributed by atoms with Crippen molar-refractivity contribution in [1.29, 1.82) is 0 Å². The molecule has 4 aromatic rings. The molecule has 2 aliphatic heterocycles. The lowest BCUT2D eigenvalue weighted by atomic mass is 10.3. The third-order valence-corrected chi connectivity index (χ3v) is 6.46. The molecule has 1 atom stereocenters. The normalized spacial score (nSPS) is 17.7. The first-order valence-electron chi connectivity index (χ1n) is 12.8. The number of nitrogens with one attached hydrogen (secondary N) is 3. The second-order valence-electron chi connectivity index (χ2n) is 9.26. The molecule has 39 heavy (non-hydrogen) atoms. The Balaban J connectivity index is 1.01. The van der Waals surface area contributed by atoms with E-state index in [1.165, 1.54) is 18.5 Å². The molecule has 2 fully saturated rings. The van der Waals surface area contributed by atoms with E-state index in [1.807, 2.05) is 10.9 Å². The Bertz CT molecular complexity index is 1350. The first-order chi connectivity index (χ1) is 19.2. The average molecular weight is 533 g/mol. The van der Waals surface area contributed by atoms with Gasteiger partial charge >= 0.3 is 0 Å². The molecule has 0 radical (unpaired) electrons. The number of halogens is 1. The van der Waals surface area contributed by atoms with E-state index in [-0.39, 0.29) is 11.9 Å². The van der Waals surface area contributed by atoms with Gasteiger partial charge in [-0.1, -0.05) is 0 Å². The van der Waals surface area contributed by atoms with Crippen molar-refractivity contribution in [2.45, 2.75) is 12.6 Å². The monoisotopic (exact) mass is 532 g/mol. The Morgan fingerprint density at radius 3 is 2.38 bits per heavy atom. The van der Waals surface area contributed by atoms with Crippen molar-refractivity contribution in [2.24, 2.45) is 0 Å². The van der Waals surface area contributed by atoms with Crippen LogP contribution in [0.15, 0.2) is 55.4 Å². The van der Waals surface area contributed by atoms with Crippen LogP contribution in [0.2, 0.25) is 0 Å². The van der Waals surface area contributed by atoms with Crippen molar-refractivity contribution in [3.8, 4) is 0 Å². The summed E-state index contributed by atoms with van der Waals surface area (Å²) >= 11 is 0. The maximum Gasteiger partial charge on any atom is 0.232 e. The molecule has 0 spiro atoms. The fourth-order valence-electron chi connectivity index (χ4n) is 4.46. The van der Waals surface area contributed by atoms with Crippen molar-refractivity contribution in [1.82, 2.24) is 40.0 Å². The molecule has 3 N–H and O–H groups in total. The SMILES string of the molecule is Fc1ccc(Nc2cnc(N3CCN(c4ncnc(Nc5cnn(C[C@@H]6CNCCO6)c5)n4)CC3)nc2)cc1. The van der Waals surface area contributed by atoms with Gasteiger partial charge in [0.05, 0.1) is 49.2 Å². The highest BCUT2D eigenvalue weighted by molar-refractivity contribution is 5.58. The first kappa shape index (κ1) is 24.9. The molecule has 13 nitrogen and oxygen atoms in total. The lowest BCUT2D eigenvalue weighted by Crippen LogP contribution is -2.47. The van der Waals surface area contributed by atoms with E-state index in [9.17, 15) is 4.39 Å². The minimum Gasteiger partial charge on any atom is -0.374 e. The van der Waals surface area contributed by atoms with Crippen molar-refractivity contribution in [3.05, 3.63) is 61.2 Å². The second-order valence-corrected chi connectivity index (χ2v) is 9.26. The van der Waals surface area contributed by atoms with Gasteiger partial charge in [-0.05, 0) is 24.3 Å². The number of rotatable bonds is 8. The van der Waals surface area contributed by atoms with Crippen molar-refractivity contribution in [2.75, 3.05) is 66.3 Å². The summed E-state index contributed by atoms with van der Waals surface area (Å²) < 4.78 is 20.7. The van der Waals surface area contributed by atoms with Crippen LogP contribution in [0.4, 0.5) is 39.3 Å². The summed E-state index contributed by atoms with van der Waals surface area (Å²) in [5.74, 6) is 1.46. The van der Waals surface area contributed by atoms with Crippen LogP contribution < -0.4 is 25.8 Å². The minimum absolute atomic E-state index is 0.107. The summed E-state index contributed by atoms with van der Waals surface area (Å²) in [5, 5.41) is 14.1. The van der Waals surface area contributed by atoms with E-state index in [1.54, 1.807) is 30.7 Å². The highest BCUT2D eigenvalue weighted by Crippen LogP contribution is 2.20. The van der Waals surface area contributed by atoms with Crippen LogP contribution >= 0.6 is 0 Å². The van der Waals surface area contributed by atoms with Gasteiger partial charge in [-0.2, -0.15) is 10.1 Å². The Hall–Kier alpha value is -4.43. The van der Waals surface area contributed by atoms with Crippen LogP contribution in [0.25, 0.3) is 0 Å². The summed E-state index contributed by atoms with van der Waals surface area (Å²) in [6.45, 7) is 5.99. The molecule has 14 heteroatoms. The van der Waals surface area contributed by atoms with Gasteiger partial charge in [-0.15, -0.1) is 0 Å². The molecule has 1 aromatic carbocycles. The number of morpholine rings is 1. The molecule has 6 rings (SSSR count). The lowest BCUT2D eigenvalue weighted by Gasteiger charge is -2.34. The lowest BCUT2D eigenvalue weighted by molar-refractivity contribution is 0.0161. The molecule has 2 aliphatic rings. The molecule has 0 saturated carbocycles. The number of hydrogen-bond acceptors (Lipinski definition) is 12. The predicted octanol–water partition coefficient (Wildman–Crippen LogP) is 1.80. The number of anilines is 6. The summed E-state index contributed by atoms with van der Waals surface area (Å²) in [4.78, 5) is 26.5. The van der Waals surface area contributed by atoms with Crippen molar-refractivity contribution in [3.63, 3.8) is 0 Å². The Morgan fingerprint density at radius 2 is 1.64 bits per heavy atom. The van der Waals surface area contributed by atoms with Gasteiger partial charge < -0.3 is 30.5 Å². The van der Waals surface area contributed by atoms with E-state index in [4.69, 9.17) is 4.74 Å². The van der Waals surface area contributed by atoms with Gasteiger partial charge in [0.1, 0.15) is 12.1 Å². The van der Waals surface area contributed by atoms with E-state index in [0.29, 0.717) is 31.0 Å². The minimum atomic E-state index is -0.276. The number of aromatic nitrogens is 7. The molecule has 5 heterocycles. The summed E-state index contributed by atoms with van der Waals surface area (Å²) in [6.07, 6.45) is 8.74. The highest BCUT2D eigenvalue weighted by Gasteiger charge is 2.21. The second kappa shape index (κ2) is 11.5. The smallest absolute Gasteiger partial charge is 0.232 e. The standard InChI is InChI=1S/C25H29FN12O/c26-18-1-3-19(4-2-18)33-20-11-28-24(29-12-20)36-6-8-37(9-7-36)25-31-17-30-23(35-25)34-21-13-32-38(15-21)16-22-14-27-5-10-39-22/h1-4,11-13,15,17,22,27,33H,5-10,14,16H2,(H,30,31,34,35)/t22-/m0/s1. The van der Waals surface area contributed by atoms with Gasteiger partial charge in [0.2, 0.25) is 17.8 Å². The molecule has 0 amide bonds. The summed E-state index contributed by atoms with van der Waals surface area (Å²) in [6, 6.07) is 6.15. The van der Waals surface area contributed by atoms with Crippen molar-refractivity contribution >= 4 is 34.9 Å². The third-order valence-electron chi connectivity index (χ3n) is 6.46. The van der Waals surface area contributed by atoms with E-state index in [2.05, 4.69) is 55.8 Å². The van der Waals surface area contributed by atoms with Crippen LogP contribution in [-0.4, -0.2) is 86.7 Å². The fourth-order valence-corrected chi connectivity index (χ4v) is 4.46. The molecule has 0 bridgehead atoms. The summed E-state index contributed by atoms with van der Waals surface area (Å²) in [7, 11) is 0. The van der Waals surface area contributed by atoms with E-state index >= 15 is 0 Å². The molecular weight excluding hydrogens is 503 g/mol. The quantitative estimate of drug-likeness (QED) is 0.305. The Labute approximate surface area is 224 Å². The van der Waals surface area contributed by atoms with Crippen LogP contribution in [0.5, 0.6) is 0 Å².